The van der Waals surface area contributed by atoms with Crippen molar-refractivity contribution < 1.29 is 13.9 Å². The zero-order chi connectivity index (χ0) is 14.5. The molecule has 0 heterocycles. The number of benzene rings is 1. The van der Waals surface area contributed by atoms with Crippen molar-refractivity contribution in [1.29, 1.82) is 0 Å². The van der Waals surface area contributed by atoms with Crippen LogP contribution in [0.4, 0.5) is 14.5 Å². The molecule has 1 fully saturated rings. The number of nitrogens with zero attached hydrogens (tertiary/aromatic N) is 1. The van der Waals surface area contributed by atoms with Gasteiger partial charge < -0.3 is 15.3 Å². The largest absolute Gasteiger partial charge is 0.395 e. The molecule has 0 bridgehead atoms. The van der Waals surface area contributed by atoms with E-state index < -0.39 is 13.0 Å². The van der Waals surface area contributed by atoms with Crippen LogP contribution in [0.5, 0.6) is 0 Å². The lowest BCUT2D eigenvalue weighted by molar-refractivity contribution is 0.152. The van der Waals surface area contributed by atoms with Crippen LogP contribution in [0.15, 0.2) is 18.2 Å². The van der Waals surface area contributed by atoms with E-state index in [1.165, 1.54) is 4.90 Å². The topological polar surface area (TPSA) is 35.5 Å². The Morgan fingerprint density at radius 2 is 2.15 bits per heavy atom. The van der Waals surface area contributed by atoms with E-state index in [1.807, 2.05) is 0 Å². The quantitative estimate of drug-likeness (QED) is 0.775. The number of aliphatic hydroxyl groups is 1. The molecule has 0 atom stereocenters. The first-order valence-electron chi connectivity index (χ1n) is 6.76. The molecule has 0 amide bonds. The van der Waals surface area contributed by atoms with Gasteiger partial charge in [-0.05, 0) is 25.0 Å². The summed E-state index contributed by atoms with van der Waals surface area (Å²) in [4.78, 5) is 1.49. The molecule has 1 aromatic carbocycles. The Bertz CT molecular complexity index is 441. The Balaban J connectivity index is 2.19. The number of aliphatic hydroxyl groups excluding tert-OH is 1. The summed E-state index contributed by atoms with van der Waals surface area (Å²) in [5, 5.41) is 13.0. The summed E-state index contributed by atoms with van der Waals surface area (Å²) in [6, 6.07) is 5.79. The second-order valence-electron chi connectivity index (χ2n) is 4.95. The molecule has 2 rings (SSSR count). The Morgan fingerprint density at radius 1 is 1.40 bits per heavy atom. The number of alkyl halides is 2. The van der Waals surface area contributed by atoms with Gasteiger partial charge >= 0.3 is 0 Å². The van der Waals surface area contributed by atoms with Gasteiger partial charge in [0.2, 0.25) is 0 Å². The molecule has 0 aliphatic heterocycles. The van der Waals surface area contributed by atoms with Crippen molar-refractivity contribution in [2.75, 3.05) is 24.6 Å². The van der Waals surface area contributed by atoms with Crippen LogP contribution >= 0.6 is 11.6 Å². The van der Waals surface area contributed by atoms with Gasteiger partial charge in [0.1, 0.15) is 0 Å². The van der Waals surface area contributed by atoms with Gasteiger partial charge in [0.15, 0.2) is 0 Å². The van der Waals surface area contributed by atoms with E-state index in [4.69, 9.17) is 16.7 Å². The Hall–Kier alpha value is -0.910. The van der Waals surface area contributed by atoms with Crippen molar-refractivity contribution >= 4 is 17.3 Å². The molecule has 1 aromatic rings. The summed E-state index contributed by atoms with van der Waals surface area (Å²) in [6.45, 7) is 0.151. The molecule has 3 nitrogen and oxygen atoms in total. The lowest BCUT2D eigenvalue weighted by Crippen LogP contribution is -2.33. The predicted molar refractivity (Wildman–Crippen MR) is 76.6 cm³/mol. The third-order valence-corrected chi connectivity index (χ3v) is 3.66. The summed E-state index contributed by atoms with van der Waals surface area (Å²) in [6.07, 6.45) is -0.154. The first-order valence-corrected chi connectivity index (χ1v) is 7.14. The average Bonchev–Trinajstić information content (AvgIpc) is 3.20. The first kappa shape index (κ1) is 15.5. The number of hydrogen-bond acceptors (Lipinski definition) is 3. The van der Waals surface area contributed by atoms with E-state index >= 15 is 0 Å². The smallest absolute Gasteiger partial charge is 0.255 e. The standard InChI is InChI=1S/C14H19ClF2N2O/c15-12-2-1-3-13(11(12)8-18-10-4-5-10)19(6-7-20)9-14(16)17/h1-3,10,14,18,20H,4-9H2. The lowest BCUT2D eigenvalue weighted by Gasteiger charge is -2.26. The minimum Gasteiger partial charge on any atom is -0.395 e. The summed E-state index contributed by atoms with van der Waals surface area (Å²) in [5.74, 6) is 0. The van der Waals surface area contributed by atoms with Gasteiger partial charge in [0, 0.05) is 35.4 Å². The number of anilines is 1. The van der Waals surface area contributed by atoms with Crippen LogP contribution in [0.3, 0.4) is 0 Å². The van der Waals surface area contributed by atoms with E-state index in [1.54, 1.807) is 18.2 Å². The molecule has 2 N–H and O–H groups in total. The normalized spacial score (nSPS) is 14.8. The highest BCUT2D eigenvalue weighted by Crippen LogP contribution is 2.29. The fourth-order valence-electron chi connectivity index (χ4n) is 2.15. The highest BCUT2D eigenvalue weighted by atomic mass is 35.5. The number of rotatable bonds is 8. The van der Waals surface area contributed by atoms with Crippen molar-refractivity contribution in [3.8, 4) is 0 Å². The zero-order valence-electron chi connectivity index (χ0n) is 11.2. The molecule has 0 unspecified atom stereocenters. The average molecular weight is 305 g/mol. The molecule has 0 radical (unpaired) electrons. The maximum Gasteiger partial charge on any atom is 0.255 e. The van der Waals surface area contributed by atoms with Crippen LogP contribution in [0, 0.1) is 0 Å². The Kier molecular flexibility index (Phi) is 5.57. The zero-order valence-corrected chi connectivity index (χ0v) is 11.9. The van der Waals surface area contributed by atoms with E-state index in [9.17, 15) is 8.78 Å². The molecular formula is C14H19ClF2N2O. The van der Waals surface area contributed by atoms with Gasteiger partial charge in [0.25, 0.3) is 6.43 Å². The van der Waals surface area contributed by atoms with Crippen LogP contribution in [0.2, 0.25) is 5.02 Å². The second kappa shape index (κ2) is 7.20. The van der Waals surface area contributed by atoms with Gasteiger partial charge in [-0.15, -0.1) is 0 Å². The molecule has 0 aromatic heterocycles. The van der Waals surface area contributed by atoms with E-state index in [0.29, 0.717) is 23.3 Å². The monoisotopic (exact) mass is 304 g/mol. The van der Waals surface area contributed by atoms with Crippen LogP contribution in [-0.4, -0.2) is 37.3 Å². The van der Waals surface area contributed by atoms with E-state index in [-0.39, 0.29) is 13.2 Å². The van der Waals surface area contributed by atoms with Gasteiger partial charge in [-0.2, -0.15) is 0 Å². The third-order valence-electron chi connectivity index (χ3n) is 3.31. The summed E-state index contributed by atoms with van der Waals surface area (Å²) in [5.41, 5.74) is 1.48. The van der Waals surface area contributed by atoms with E-state index in [0.717, 1.165) is 18.4 Å². The van der Waals surface area contributed by atoms with Gasteiger partial charge in [-0.3, -0.25) is 0 Å². The van der Waals surface area contributed by atoms with Gasteiger partial charge in [-0.25, -0.2) is 8.78 Å². The van der Waals surface area contributed by atoms with Crippen molar-refractivity contribution in [3.63, 3.8) is 0 Å². The molecule has 1 saturated carbocycles. The summed E-state index contributed by atoms with van der Waals surface area (Å²) in [7, 11) is 0. The fourth-order valence-corrected chi connectivity index (χ4v) is 2.39. The maximum atomic E-state index is 12.7. The Morgan fingerprint density at radius 3 is 2.75 bits per heavy atom. The maximum absolute atomic E-state index is 12.7. The Labute approximate surface area is 122 Å². The van der Waals surface area contributed by atoms with Crippen molar-refractivity contribution in [3.05, 3.63) is 28.8 Å². The molecule has 0 saturated heterocycles. The number of hydrogen-bond donors (Lipinski definition) is 2. The van der Waals surface area contributed by atoms with Crippen LogP contribution in [-0.2, 0) is 6.54 Å². The lowest BCUT2D eigenvalue weighted by atomic mass is 10.1. The molecule has 0 spiro atoms. The minimum atomic E-state index is -2.45. The molecule has 1 aliphatic carbocycles. The van der Waals surface area contributed by atoms with Crippen LogP contribution in [0.25, 0.3) is 0 Å². The van der Waals surface area contributed by atoms with Crippen LogP contribution < -0.4 is 10.2 Å². The summed E-state index contributed by atoms with van der Waals surface area (Å²) >= 11 is 6.20. The summed E-state index contributed by atoms with van der Waals surface area (Å²) < 4.78 is 25.4. The van der Waals surface area contributed by atoms with Crippen molar-refractivity contribution in [2.24, 2.45) is 0 Å². The highest BCUT2D eigenvalue weighted by Gasteiger charge is 2.22. The highest BCUT2D eigenvalue weighted by molar-refractivity contribution is 6.31. The molecule has 6 heteroatoms. The molecule has 20 heavy (non-hydrogen) atoms. The fraction of sp³-hybridized carbons (Fsp3) is 0.571. The van der Waals surface area contributed by atoms with Gasteiger partial charge in [0.05, 0.1) is 13.2 Å². The van der Waals surface area contributed by atoms with E-state index in [2.05, 4.69) is 5.32 Å². The second-order valence-corrected chi connectivity index (χ2v) is 5.36. The number of nitrogens with one attached hydrogen (secondary N) is 1. The minimum absolute atomic E-state index is 0.168. The SMILES string of the molecule is OCCN(CC(F)F)c1cccc(Cl)c1CNC1CC1. The third kappa shape index (κ3) is 4.30. The first-order chi connectivity index (χ1) is 9.61. The van der Waals surface area contributed by atoms with Crippen LogP contribution in [0.1, 0.15) is 18.4 Å². The molecule has 112 valence electrons. The molecular weight excluding hydrogens is 286 g/mol. The number of halogens is 3. The predicted octanol–water partition coefficient (Wildman–Crippen LogP) is 2.66. The van der Waals surface area contributed by atoms with Gasteiger partial charge in [-0.1, -0.05) is 17.7 Å². The van der Waals surface area contributed by atoms with Crippen molar-refractivity contribution in [1.82, 2.24) is 5.32 Å². The van der Waals surface area contributed by atoms with Crippen molar-refractivity contribution in [2.45, 2.75) is 31.9 Å². The molecule has 1 aliphatic rings.